The number of hydrogen-bond acceptors (Lipinski definition) is 6. The predicted octanol–water partition coefficient (Wildman–Crippen LogP) is 3.39. The summed E-state index contributed by atoms with van der Waals surface area (Å²) in [5.41, 5.74) is 6.53. The molecule has 3 rings (SSSR count). The van der Waals surface area contributed by atoms with E-state index in [0.29, 0.717) is 17.1 Å². The maximum absolute atomic E-state index is 12.1. The van der Waals surface area contributed by atoms with Gasteiger partial charge in [0.2, 0.25) is 0 Å². The maximum atomic E-state index is 12.1. The quantitative estimate of drug-likeness (QED) is 0.673. The summed E-state index contributed by atoms with van der Waals surface area (Å²) in [5, 5.41) is 13.0. The Morgan fingerprint density at radius 2 is 1.80 bits per heavy atom. The first kappa shape index (κ1) is 16.7. The molecule has 1 aliphatic heterocycles. The van der Waals surface area contributed by atoms with Crippen LogP contribution in [0, 0.1) is 0 Å². The fourth-order valence-corrected chi connectivity index (χ4v) is 2.31. The van der Waals surface area contributed by atoms with Gasteiger partial charge in [0.05, 0.1) is 11.4 Å². The molecule has 2 aromatic carbocycles. The Morgan fingerprint density at radius 1 is 1.16 bits per heavy atom. The van der Waals surface area contributed by atoms with Crippen LogP contribution < -0.4 is 10.5 Å². The number of hydrogen-bond donors (Lipinski definition) is 1. The van der Waals surface area contributed by atoms with E-state index in [1.807, 2.05) is 30.3 Å². The summed E-state index contributed by atoms with van der Waals surface area (Å²) in [6.45, 7) is 1.68. The van der Waals surface area contributed by atoms with Gasteiger partial charge in [0, 0.05) is 0 Å². The molecule has 1 amide bonds. The molecule has 2 N–H and O–H groups in total. The molecule has 0 aliphatic carbocycles. The lowest BCUT2D eigenvalue weighted by atomic mass is 10.2. The van der Waals surface area contributed by atoms with Crippen molar-refractivity contribution in [2.45, 2.75) is 13.0 Å². The first-order valence-corrected chi connectivity index (χ1v) is 7.88. The number of ether oxygens (including phenoxy) is 1. The molecule has 1 heterocycles. The van der Waals surface area contributed by atoms with Crippen LogP contribution in [0.15, 0.2) is 69.9 Å². The van der Waals surface area contributed by atoms with Crippen LogP contribution in [0.5, 0.6) is 11.5 Å². The van der Waals surface area contributed by atoms with E-state index in [1.165, 1.54) is 0 Å². The number of carbonyl (C=O) groups excluding carboxylic acids is 1. The molecule has 0 spiro atoms. The number of benzene rings is 2. The number of hydrazone groups is 1. The summed E-state index contributed by atoms with van der Waals surface area (Å²) in [6, 6.07) is 15.7. The summed E-state index contributed by atoms with van der Waals surface area (Å²) in [6.07, 6.45) is 0. The summed E-state index contributed by atoms with van der Waals surface area (Å²) in [5.74, 6) is 1.02. The third-order valence-electron chi connectivity index (χ3n) is 3.41. The number of para-hydroxylation sites is 1. The summed E-state index contributed by atoms with van der Waals surface area (Å²) < 4.78 is 5.71. The zero-order chi connectivity index (χ0) is 17.8. The Kier molecular flexibility index (Phi) is 4.80. The minimum atomic E-state index is -0.804. The average Bonchev–Trinajstić information content (AvgIpc) is 2.90. The molecule has 0 saturated heterocycles. The van der Waals surface area contributed by atoms with Gasteiger partial charge in [0.25, 0.3) is 5.91 Å². The van der Waals surface area contributed by atoms with E-state index in [4.69, 9.17) is 22.7 Å². The zero-order valence-corrected chi connectivity index (χ0v) is 14.2. The highest BCUT2D eigenvalue weighted by Crippen LogP contribution is 2.24. The lowest BCUT2D eigenvalue weighted by Crippen LogP contribution is -2.37. The second-order valence-electron chi connectivity index (χ2n) is 5.26. The van der Waals surface area contributed by atoms with Gasteiger partial charge in [-0.2, -0.15) is 20.3 Å². The topological polar surface area (TPSA) is 92.6 Å². The molecule has 126 valence electrons. The van der Waals surface area contributed by atoms with E-state index in [9.17, 15) is 4.79 Å². The van der Waals surface area contributed by atoms with Crippen LogP contribution in [0.3, 0.4) is 0 Å². The summed E-state index contributed by atoms with van der Waals surface area (Å²) >= 11 is 4.77. The summed E-state index contributed by atoms with van der Waals surface area (Å²) in [7, 11) is 0. The van der Waals surface area contributed by atoms with Crippen LogP contribution in [0.25, 0.3) is 0 Å². The van der Waals surface area contributed by atoms with Crippen LogP contribution in [-0.2, 0) is 4.79 Å². The minimum Gasteiger partial charge on any atom is -0.457 e. The van der Waals surface area contributed by atoms with E-state index in [2.05, 4.69) is 15.3 Å². The molecule has 8 heteroatoms. The number of carbonyl (C=O) groups is 1. The molecule has 1 atom stereocenters. The zero-order valence-electron chi connectivity index (χ0n) is 13.4. The van der Waals surface area contributed by atoms with E-state index in [0.717, 1.165) is 10.8 Å². The second-order valence-corrected chi connectivity index (χ2v) is 5.67. The number of azo groups is 1. The van der Waals surface area contributed by atoms with Gasteiger partial charge in [-0.05, 0) is 55.5 Å². The molecular formula is C17H15N5O2S. The highest BCUT2D eigenvalue weighted by molar-refractivity contribution is 7.80. The Balaban J connectivity index is 1.67. The van der Waals surface area contributed by atoms with Crippen LogP contribution in [0.1, 0.15) is 6.92 Å². The molecule has 0 unspecified atom stereocenters. The predicted molar refractivity (Wildman–Crippen MR) is 98.0 cm³/mol. The molecule has 2 aromatic rings. The van der Waals surface area contributed by atoms with Crippen LogP contribution >= 0.6 is 12.2 Å². The van der Waals surface area contributed by atoms with E-state index < -0.39 is 11.9 Å². The Bertz CT molecular complexity index is 849. The maximum Gasteiger partial charge on any atom is 0.282 e. The highest BCUT2D eigenvalue weighted by Gasteiger charge is 2.35. The molecule has 25 heavy (non-hydrogen) atoms. The van der Waals surface area contributed by atoms with Crippen LogP contribution in [0.2, 0.25) is 0 Å². The lowest BCUT2D eigenvalue weighted by Gasteiger charge is -2.08. The first-order chi connectivity index (χ1) is 12.0. The Labute approximate surface area is 149 Å². The van der Waals surface area contributed by atoms with Crippen molar-refractivity contribution < 1.29 is 9.53 Å². The van der Waals surface area contributed by atoms with Gasteiger partial charge in [-0.1, -0.05) is 18.2 Å². The van der Waals surface area contributed by atoms with Gasteiger partial charge < -0.3 is 10.5 Å². The average molecular weight is 353 g/mol. The molecular weight excluding hydrogens is 338 g/mol. The van der Waals surface area contributed by atoms with E-state index >= 15 is 0 Å². The number of nitrogens with two attached hydrogens (primary N) is 1. The van der Waals surface area contributed by atoms with Gasteiger partial charge in [-0.15, -0.1) is 0 Å². The molecule has 0 aromatic heterocycles. The lowest BCUT2D eigenvalue weighted by molar-refractivity contribution is -0.126. The van der Waals surface area contributed by atoms with Gasteiger partial charge in [0.15, 0.2) is 11.2 Å². The number of nitrogens with zero attached hydrogens (tertiary/aromatic N) is 4. The molecule has 7 nitrogen and oxygen atoms in total. The van der Waals surface area contributed by atoms with Crippen molar-refractivity contribution in [3.8, 4) is 11.5 Å². The molecule has 0 saturated carbocycles. The van der Waals surface area contributed by atoms with Crippen molar-refractivity contribution in [1.82, 2.24) is 5.01 Å². The second kappa shape index (κ2) is 7.18. The SMILES string of the molecule is CC1=NN(C(N)=S)C(=O)[C@H]1N=Nc1ccc(Oc2ccccc2)cc1. The molecule has 0 fully saturated rings. The molecule has 0 bridgehead atoms. The fraction of sp³-hybridized carbons (Fsp3) is 0.118. The summed E-state index contributed by atoms with van der Waals surface area (Å²) in [4.78, 5) is 12.1. The third kappa shape index (κ3) is 3.86. The van der Waals surface area contributed by atoms with Crippen molar-refractivity contribution in [3.05, 3.63) is 54.6 Å². The smallest absolute Gasteiger partial charge is 0.282 e. The van der Waals surface area contributed by atoms with E-state index in [1.54, 1.807) is 31.2 Å². The van der Waals surface area contributed by atoms with Crippen LogP contribution in [-0.4, -0.2) is 27.8 Å². The molecule has 1 aliphatic rings. The third-order valence-corrected chi connectivity index (χ3v) is 3.58. The van der Waals surface area contributed by atoms with Crippen molar-refractivity contribution in [3.63, 3.8) is 0 Å². The number of thiocarbonyl (C=S) groups is 1. The van der Waals surface area contributed by atoms with Gasteiger partial charge in [-0.25, -0.2) is 0 Å². The Morgan fingerprint density at radius 3 is 2.40 bits per heavy atom. The van der Waals surface area contributed by atoms with Crippen molar-refractivity contribution in [2.75, 3.05) is 0 Å². The van der Waals surface area contributed by atoms with Gasteiger partial charge in [-0.3, -0.25) is 4.79 Å². The van der Waals surface area contributed by atoms with Crippen molar-refractivity contribution in [1.29, 1.82) is 0 Å². The largest absolute Gasteiger partial charge is 0.457 e. The van der Waals surface area contributed by atoms with Crippen molar-refractivity contribution in [2.24, 2.45) is 21.1 Å². The first-order valence-electron chi connectivity index (χ1n) is 7.47. The monoisotopic (exact) mass is 353 g/mol. The number of rotatable bonds is 4. The van der Waals surface area contributed by atoms with E-state index in [-0.39, 0.29) is 5.11 Å². The number of amides is 1. The van der Waals surface area contributed by atoms with Gasteiger partial charge in [0.1, 0.15) is 11.5 Å². The Hall–Kier alpha value is -3.13. The highest BCUT2D eigenvalue weighted by atomic mass is 32.1. The standard InChI is InChI=1S/C17H15N5O2S/c1-11-15(16(23)22(21-11)17(18)25)20-19-12-7-9-14(10-8-12)24-13-5-3-2-4-6-13/h2-10,15H,1H3,(H2,18,25)/t15-/m0/s1. The molecule has 0 radical (unpaired) electrons. The van der Waals surface area contributed by atoms with Gasteiger partial charge >= 0.3 is 0 Å². The van der Waals surface area contributed by atoms with Crippen molar-refractivity contribution >= 4 is 34.6 Å². The normalized spacial score (nSPS) is 17.0. The van der Waals surface area contributed by atoms with Crippen LogP contribution in [0.4, 0.5) is 5.69 Å². The minimum absolute atomic E-state index is 0.107. The fourth-order valence-electron chi connectivity index (χ4n) is 2.18.